The Labute approximate surface area is 132 Å². The van der Waals surface area contributed by atoms with Crippen LogP contribution in [0, 0.1) is 11.3 Å². The highest BCUT2D eigenvalue weighted by atomic mass is 79.9. The molecule has 1 amide bonds. The fourth-order valence-corrected chi connectivity index (χ4v) is 4.03. The fraction of sp³-hybridized carbons (Fsp3) is 0.500. The second-order valence-electron chi connectivity index (χ2n) is 6.04. The Kier molecular flexibility index (Phi) is 3.62. The van der Waals surface area contributed by atoms with Crippen LogP contribution in [0.4, 0.5) is 0 Å². The normalized spacial score (nSPS) is 20.1. The summed E-state index contributed by atoms with van der Waals surface area (Å²) in [6, 6.07) is 4.30. The van der Waals surface area contributed by atoms with Crippen molar-refractivity contribution in [1.29, 1.82) is 0 Å². The summed E-state index contributed by atoms with van der Waals surface area (Å²) < 4.78 is 23.3. The zero-order valence-electron chi connectivity index (χ0n) is 11.4. The van der Waals surface area contributed by atoms with Gasteiger partial charge in [0.05, 0.1) is 4.90 Å². The Bertz CT molecular complexity index is 694. The van der Waals surface area contributed by atoms with Crippen LogP contribution in [0.25, 0.3) is 0 Å². The Morgan fingerprint density at radius 1 is 1.33 bits per heavy atom. The van der Waals surface area contributed by atoms with Gasteiger partial charge in [-0.3, -0.25) is 4.79 Å². The molecule has 1 aromatic rings. The molecule has 2 saturated carbocycles. The topological polar surface area (TPSA) is 89.3 Å². The molecule has 0 aliphatic heterocycles. The third kappa shape index (κ3) is 3.30. The number of sulfonamides is 1. The minimum Gasteiger partial charge on any atom is -0.351 e. The summed E-state index contributed by atoms with van der Waals surface area (Å²) in [7, 11) is -3.83. The SMILES string of the molecule is NS(=O)(=O)c1cc(Br)cc(C(=O)NCC2(C3CC3)CC2)c1. The summed E-state index contributed by atoms with van der Waals surface area (Å²) in [5.74, 6) is 0.508. The molecule has 3 rings (SSSR count). The van der Waals surface area contributed by atoms with E-state index in [9.17, 15) is 13.2 Å². The number of carbonyl (C=O) groups is 1. The van der Waals surface area contributed by atoms with E-state index in [2.05, 4.69) is 21.2 Å². The Morgan fingerprint density at radius 3 is 2.52 bits per heavy atom. The highest BCUT2D eigenvalue weighted by Gasteiger charge is 2.53. The van der Waals surface area contributed by atoms with Crippen molar-refractivity contribution in [3.63, 3.8) is 0 Å². The standard InChI is InChI=1S/C14H17BrN2O3S/c15-11-5-9(6-12(7-11)21(16,19)20)13(18)17-8-14(3-4-14)10-1-2-10/h5-7,10H,1-4,8H2,(H,17,18)(H2,16,19,20). The average Bonchev–Trinajstić information content (AvgIpc) is 3.25. The van der Waals surface area contributed by atoms with Gasteiger partial charge < -0.3 is 5.32 Å². The smallest absolute Gasteiger partial charge is 0.251 e. The minimum atomic E-state index is -3.83. The van der Waals surface area contributed by atoms with Crippen LogP contribution in [-0.2, 0) is 10.0 Å². The second-order valence-corrected chi connectivity index (χ2v) is 8.52. The van der Waals surface area contributed by atoms with Gasteiger partial charge >= 0.3 is 0 Å². The summed E-state index contributed by atoms with van der Waals surface area (Å²) in [4.78, 5) is 12.2. The molecule has 0 heterocycles. The highest BCUT2D eigenvalue weighted by molar-refractivity contribution is 9.10. The summed E-state index contributed by atoms with van der Waals surface area (Å²) in [5, 5.41) is 8.05. The van der Waals surface area contributed by atoms with E-state index < -0.39 is 10.0 Å². The van der Waals surface area contributed by atoms with Gasteiger partial charge in [0.15, 0.2) is 0 Å². The van der Waals surface area contributed by atoms with Gasteiger partial charge in [0.1, 0.15) is 0 Å². The van der Waals surface area contributed by atoms with Crippen LogP contribution in [0.5, 0.6) is 0 Å². The molecule has 0 radical (unpaired) electrons. The number of hydrogen-bond donors (Lipinski definition) is 2. The molecule has 5 nitrogen and oxygen atoms in total. The van der Waals surface area contributed by atoms with Gasteiger partial charge in [-0.05, 0) is 55.2 Å². The highest BCUT2D eigenvalue weighted by Crippen LogP contribution is 2.60. The number of primary sulfonamides is 1. The van der Waals surface area contributed by atoms with E-state index in [-0.39, 0.29) is 10.8 Å². The first-order chi connectivity index (χ1) is 9.80. The van der Waals surface area contributed by atoms with Crippen molar-refractivity contribution in [3.8, 4) is 0 Å². The maximum absolute atomic E-state index is 12.2. The van der Waals surface area contributed by atoms with Crippen LogP contribution >= 0.6 is 15.9 Å². The molecule has 0 bridgehead atoms. The van der Waals surface area contributed by atoms with Crippen LogP contribution < -0.4 is 10.5 Å². The fourth-order valence-electron chi connectivity index (χ4n) is 2.80. The number of hydrogen-bond acceptors (Lipinski definition) is 3. The van der Waals surface area contributed by atoms with Crippen LogP contribution in [0.15, 0.2) is 27.6 Å². The minimum absolute atomic E-state index is 0.0645. The third-order valence-corrected chi connectivity index (χ3v) is 5.75. The van der Waals surface area contributed by atoms with Gasteiger partial charge in [0.25, 0.3) is 5.91 Å². The number of rotatable bonds is 5. The lowest BCUT2D eigenvalue weighted by molar-refractivity contribution is 0.0942. The summed E-state index contributed by atoms with van der Waals surface area (Å²) >= 11 is 3.21. The Morgan fingerprint density at radius 2 is 2.00 bits per heavy atom. The van der Waals surface area contributed by atoms with Crippen molar-refractivity contribution in [2.75, 3.05) is 6.54 Å². The predicted octanol–water partition coefficient (Wildman–Crippen LogP) is 2.02. The van der Waals surface area contributed by atoms with Crippen LogP contribution in [0.3, 0.4) is 0 Å². The Hall–Kier alpha value is -0.920. The molecule has 114 valence electrons. The van der Waals surface area contributed by atoms with E-state index in [1.54, 1.807) is 6.07 Å². The van der Waals surface area contributed by atoms with Crippen molar-refractivity contribution in [2.45, 2.75) is 30.6 Å². The lowest BCUT2D eigenvalue weighted by atomic mass is 10.0. The molecule has 0 saturated heterocycles. The van der Waals surface area contributed by atoms with E-state index in [4.69, 9.17) is 5.14 Å². The molecule has 0 atom stereocenters. The molecule has 2 aliphatic carbocycles. The van der Waals surface area contributed by atoms with Gasteiger partial charge in [-0.15, -0.1) is 0 Å². The van der Waals surface area contributed by atoms with Gasteiger partial charge in [0.2, 0.25) is 10.0 Å². The molecule has 3 N–H and O–H groups in total. The van der Waals surface area contributed by atoms with Crippen molar-refractivity contribution < 1.29 is 13.2 Å². The summed E-state index contributed by atoms with van der Waals surface area (Å²) in [6.07, 6.45) is 4.89. The largest absolute Gasteiger partial charge is 0.351 e. The quantitative estimate of drug-likeness (QED) is 0.828. The first kappa shape index (κ1) is 15.0. The molecular weight excluding hydrogens is 356 g/mol. The third-order valence-electron chi connectivity index (χ3n) is 4.40. The number of nitrogens with two attached hydrogens (primary N) is 1. The van der Waals surface area contributed by atoms with E-state index in [1.165, 1.54) is 37.8 Å². The maximum atomic E-state index is 12.2. The monoisotopic (exact) mass is 372 g/mol. The van der Waals surface area contributed by atoms with Gasteiger partial charge in [-0.2, -0.15) is 0 Å². The van der Waals surface area contributed by atoms with E-state index in [0.717, 1.165) is 5.92 Å². The van der Waals surface area contributed by atoms with E-state index >= 15 is 0 Å². The zero-order chi connectivity index (χ0) is 15.3. The molecular formula is C14H17BrN2O3S. The molecule has 0 unspecified atom stereocenters. The number of nitrogens with one attached hydrogen (secondary N) is 1. The number of amides is 1. The lowest BCUT2D eigenvalue weighted by Gasteiger charge is -2.15. The second kappa shape index (κ2) is 5.07. The van der Waals surface area contributed by atoms with Crippen molar-refractivity contribution in [3.05, 3.63) is 28.2 Å². The zero-order valence-corrected chi connectivity index (χ0v) is 13.8. The number of carbonyl (C=O) groups excluding carboxylic acids is 1. The summed E-state index contributed by atoms with van der Waals surface area (Å²) in [6.45, 7) is 0.674. The van der Waals surface area contributed by atoms with Crippen molar-refractivity contribution in [2.24, 2.45) is 16.5 Å². The van der Waals surface area contributed by atoms with Crippen LogP contribution in [0.2, 0.25) is 0 Å². The first-order valence-corrected chi connectivity index (χ1v) is 9.26. The molecule has 0 spiro atoms. The Balaban J connectivity index is 1.73. The van der Waals surface area contributed by atoms with Gasteiger partial charge in [0, 0.05) is 16.6 Å². The maximum Gasteiger partial charge on any atom is 0.251 e. The predicted molar refractivity (Wildman–Crippen MR) is 82.2 cm³/mol. The molecule has 21 heavy (non-hydrogen) atoms. The van der Waals surface area contributed by atoms with Crippen LogP contribution in [0.1, 0.15) is 36.0 Å². The number of benzene rings is 1. The molecule has 2 aliphatic rings. The summed E-state index contributed by atoms with van der Waals surface area (Å²) in [5.41, 5.74) is 0.616. The number of halogens is 1. The lowest BCUT2D eigenvalue weighted by Crippen LogP contribution is -2.31. The molecule has 7 heteroatoms. The van der Waals surface area contributed by atoms with Crippen molar-refractivity contribution in [1.82, 2.24) is 5.32 Å². The molecule has 0 aromatic heterocycles. The molecule has 1 aromatic carbocycles. The van der Waals surface area contributed by atoms with Gasteiger partial charge in [-0.1, -0.05) is 15.9 Å². The average molecular weight is 373 g/mol. The van der Waals surface area contributed by atoms with Crippen LogP contribution in [-0.4, -0.2) is 20.9 Å². The van der Waals surface area contributed by atoms with Gasteiger partial charge in [-0.25, -0.2) is 13.6 Å². The molecule has 2 fully saturated rings. The van der Waals surface area contributed by atoms with E-state index in [1.807, 2.05) is 0 Å². The first-order valence-electron chi connectivity index (χ1n) is 6.92. The van der Waals surface area contributed by atoms with Crippen molar-refractivity contribution >= 4 is 31.9 Å². The van der Waals surface area contributed by atoms with E-state index in [0.29, 0.717) is 22.0 Å².